The number of ether oxygens (including phenoxy) is 2. The van der Waals surface area contributed by atoms with Crippen LogP contribution in [0.3, 0.4) is 0 Å². The summed E-state index contributed by atoms with van der Waals surface area (Å²) in [6.45, 7) is 3.37. The molecule has 3 heterocycles. The van der Waals surface area contributed by atoms with E-state index in [-0.39, 0.29) is 17.0 Å². The molecule has 8 nitrogen and oxygen atoms in total. The number of benzene rings is 1. The van der Waals surface area contributed by atoms with Gasteiger partial charge in [0.05, 0.1) is 13.2 Å². The van der Waals surface area contributed by atoms with Crippen molar-refractivity contribution < 1.29 is 14.3 Å². The van der Waals surface area contributed by atoms with Crippen LogP contribution in [0.4, 0.5) is 0 Å². The molecule has 0 aliphatic carbocycles. The Hall–Kier alpha value is -3.67. The van der Waals surface area contributed by atoms with Gasteiger partial charge in [-0.25, -0.2) is 0 Å². The monoisotopic (exact) mass is 450 g/mol. The Morgan fingerprint density at radius 1 is 1.25 bits per heavy atom. The van der Waals surface area contributed by atoms with E-state index in [1.807, 2.05) is 19.1 Å². The summed E-state index contributed by atoms with van der Waals surface area (Å²) in [4.78, 5) is 32.2. The zero-order chi connectivity index (χ0) is 22.7. The van der Waals surface area contributed by atoms with Crippen molar-refractivity contribution >= 4 is 29.2 Å². The Bertz CT molecular complexity index is 1300. The van der Waals surface area contributed by atoms with E-state index in [4.69, 9.17) is 21.1 Å². The summed E-state index contributed by atoms with van der Waals surface area (Å²) in [6.07, 6.45) is 2.82. The summed E-state index contributed by atoms with van der Waals surface area (Å²) < 4.78 is 12.5. The number of hydrogen-bond donors (Lipinski definition) is 0. The van der Waals surface area contributed by atoms with Crippen LogP contribution in [-0.4, -0.2) is 46.5 Å². The van der Waals surface area contributed by atoms with Crippen LogP contribution in [0.5, 0.6) is 11.6 Å². The Morgan fingerprint density at radius 2 is 1.97 bits per heavy atom. The number of nitrogens with zero attached hydrogens (tertiary/aromatic N) is 4. The number of aromatic nitrogens is 2. The number of halogens is 1. The van der Waals surface area contributed by atoms with Gasteiger partial charge in [-0.2, -0.15) is 10.2 Å². The van der Waals surface area contributed by atoms with Crippen molar-refractivity contribution in [2.24, 2.45) is 0 Å². The molecule has 4 rings (SSSR count). The molecule has 0 unspecified atom stereocenters. The summed E-state index contributed by atoms with van der Waals surface area (Å²) in [5.41, 5.74) is 0.549. The standard InChI is InChI=1S/C23H19ClN4O4/c1-15-3-2-8-28-20(15)26-21(32-18-6-4-17(24)5-7-18)19(23(28)30)13-16(14-25)22(29)27-9-11-31-12-10-27/h2-8,13H,9-12H2,1H3/b16-13+. The molecule has 1 saturated heterocycles. The lowest BCUT2D eigenvalue weighted by molar-refractivity contribution is -0.130. The van der Waals surface area contributed by atoms with Gasteiger partial charge in [0, 0.05) is 24.3 Å². The third-order valence-corrected chi connectivity index (χ3v) is 5.27. The van der Waals surface area contributed by atoms with Gasteiger partial charge in [0.2, 0.25) is 5.88 Å². The van der Waals surface area contributed by atoms with Crippen molar-refractivity contribution in [2.45, 2.75) is 6.92 Å². The molecule has 162 valence electrons. The first kappa shape index (κ1) is 21.6. The van der Waals surface area contributed by atoms with Gasteiger partial charge in [-0.05, 0) is 48.9 Å². The third-order valence-electron chi connectivity index (χ3n) is 5.02. The van der Waals surface area contributed by atoms with Gasteiger partial charge in [-0.1, -0.05) is 17.7 Å². The number of morpholine rings is 1. The zero-order valence-electron chi connectivity index (χ0n) is 17.2. The van der Waals surface area contributed by atoms with E-state index in [0.29, 0.717) is 42.7 Å². The second-order valence-electron chi connectivity index (χ2n) is 7.15. The Morgan fingerprint density at radius 3 is 2.66 bits per heavy atom. The molecule has 1 aliphatic rings. The van der Waals surface area contributed by atoms with Crippen LogP contribution in [-0.2, 0) is 9.53 Å². The van der Waals surface area contributed by atoms with E-state index < -0.39 is 11.5 Å². The molecule has 9 heteroatoms. The first-order valence-electron chi connectivity index (χ1n) is 9.92. The minimum atomic E-state index is -0.470. The van der Waals surface area contributed by atoms with Crippen molar-refractivity contribution in [3.8, 4) is 17.7 Å². The molecule has 2 aromatic heterocycles. The van der Waals surface area contributed by atoms with Crippen molar-refractivity contribution in [2.75, 3.05) is 26.3 Å². The number of hydrogen-bond acceptors (Lipinski definition) is 6. The van der Waals surface area contributed by atoms with Crippen LogP contribution in [0.15, 0.2) is 53.0 Å². The molecule has 0 saturated carbocycles. The molecule has 0 bridgehead atoms. The number of nitriles is 1. The normalized spacial score (nSPS) is 14.3. The van der Waals surface area contributed by atoms with Crippen LogP contribution in [0.2, 0.25) is 5.02 Å². The fourth-order valence-electron chi connectivity index (χ4n) is 3.33. The van der Waals surface area contributed by atoms with E-state index >= 15 is 0 Å². The Balaban J connectivity index is 1.85. The fourth-order valence-corrected chi connectivity index (χ4v) is 3.46. The van der Waals surface area contributed by atoms with Crippen LogP contribution in [0.25, 0.3) is 11.7 Å². The Labute approximate surface area is 188 Å². The number of fused-ring (bicyclic) bond motifs is 1. The summed E-state index contributed by atoms with van der Waals surface area (Å²) in [5.74, 6) is -0.0666. The topological polar surface area (TPSA) is 96.9 Å². The molecule has 0 N–H and O–H groups in total. The van der Waals surface area contributed by atoms with E-state index in [9.17, 15) is 14.9 Å². The average molecular weight is 451 g/mol. The minimum Gasteiger partial charge on any atom is -0.438 e. The lowest BCUT2D eigenvalue weighted by atomic mass is 10.1. The lowest BCUT2D eigenvalue weighted by Crippen LogP contribution is -2.41. The molecule has 1 aliphatic heterocycles. The second kappa shape index (κ2) is 9.22. The van der Waals surface area contributed by atoms with Gasteiger partial charge in [0.1, 0.15) is 28.6 Å². The first-order valence-corrected chi connectivity index (χ1v) is 10.3. The number of amides is 1. The minimum absolute atomic E-state index is 0.00112. The molecule has 32 heavy (non-hydrogen) atoms. The lowest BCUT2D eigenvalue weighted by Gasteiger charge is -2.26. The van der Waals surface area contributed by atoms with Gasteiger partial charge in [-0.15, -0.1) is 0 Å². The molecule has 0 radical (unpaired) electrons. The molecular formula is C23H19ClN4O4. The van der Waals surface area contributed by atoms with E-state index in [2.05, 4.69) is 4.98 Å². The van der Waals surface area contributed by atoms with E-state index in [0.717, 1.165) is 5.56 Å². The zero-order valence-corrected chi connectivity index (χ0v) is 18.0. The van der Waals surface area contributed by atoms with Crippen molar-refractivity contribution in [1.82, 2.24) is 14.3 Å². The predicted octanol–water partition coefficient (Wildman–Crippen LogP) is 3.21. The van der Waals surface area contributed by atoms with Gasteiger partial charge >= 0.3 is 0 Å². The van der Waals surface area contributed by atoms with Gasteiger partial charge in [0.25, 0.3) is 11.5 Å². The van der Waals surface area contributed by atoms with Crippen LogP contribution < -0.4 is 10.3 Å². The van der Waals surface area contributed by atoms with Crippen molar-refractivity contribution in [1.29, 1.82) is 5.26 Å². The summed E-state index contributed by atoms with van der Waals surface area (Å²) >= 11 is 5.95. The summed E-state index contributed by atoms with van der Waals surface area (Å²) in [5, 5.41) is 10.2. The number of carbonyl (C=O) groups excluding carboxylic acids is 1. The third kappa shape index (κ3) is 4.35. The summed E-state index contributed by atoms with van der Waals surface area (Å²) in [6, 6.07) is 12.0. The number of pyridine rings is 1. The van der Waals surface area contributed by atoms with E-state index in [1.54, 1.807) is 36.5 Å². The number of aryl methyl sites for hydroxylation is 1. The van der Waals surface area contributed by atoms with Crippen LogP contribution >= 0.6 is 11.6 Å². The first-order chi connectivity index (χ1) is 15.5. The van der Waals surface area contributed by atoms with Crippen molar-refractivity contribution in [3.05, 3.63) is 74.7 Å². The molecule has 0 atom stereocenters. The maximum Gasteiger partial charge on any atom is 0.269 e. The fraction of sp³-hybridized carbons (Fsp3) is 0.217. The van der Waals surface area contributed by atoms with Gasteiger partial charge < -0.3 is 14.4 Å². The second-order valence-corrected chi connectivity index (χ2v) is 7.59. The number of rotatable bonds is 4. The molecule has 1 aromatic carbocycles. The SMILES string of the molecule is Cc1cccn2c(=O)c(/C=C(\C#N)C(=O)N3CCOCC3)c(Oc3ccc(Cl)cc3)nc12. The molecule has 1 fully saturated rings. The molecule has 3 aromatic rings. The highest BCUT2D eigenvalue weighted by atomic mass is 35.5. The maximum absolute atomic E-state index is 13.3. The summed E-state index contributed by atoms with van der Waals surface area (Å²) in [7, 11) is 0. The van der Waals surface area contributed by atoms with Crippen LogP contribution in [0, 0.1) is 18.3 Å². The highest BCUT2D eigenvalue weighted by Crippen LogP contribution is 2.26. The average Bonchev–Trinajstić information content (AvgIpc) is 2.81. The maximum atomic E-state index is 13.3. The van der Waals surface area contributed by atoms with Crippen molar-refractivity contribution in [3.63, 3.8) is 0 Å². The largest absolute Gasteiger partial charge is 0.438 e. The van der Waals surface area contributed by atoms with Gasteiger partial charge in [-0.3, -0.25) is 14.0 Å². The molecular weight excluding hydrogens is 432 g/mol. The molecule has 1 amide bonds. The highest BCUT2D eigenvalue weighted by molar-refractivity contribution is 6.30. The quantitative estimate of drug-likeness (QED) is 0.447. The number of carbonyl (C=O) groups is 1. The van der Waals surface area contributed by atoms with E-state index in [1.165, 1.54) is 15.4 Å². The van der Waals surface area contributed by atoms with Gasteiger partial charge in [0.15, 0.2) is 0 Å². The highest BCUT2D eigenvalue weighted by Gasteiger charge is 2.23. The van der Waals surface area contributed by atoms with Crippen LogP contribution in [0.1, 0.15) is 11.1 Å². The smallest absolute Gasteiger partial charge is 0.269 e. The Kier molecular flexibility index (Phi) is 6.21. The molecule has 0 spiro atoms. The predicted molar refractivity (Wildman–Crippen MR) is 119 cm³/mol.